The predicted molar refractivity (Wildman–Crippen MR) is 131 cm³/mol. The zero-order valence-corrected chi connectivity index (χ0v) is 20.3. The van der Waals surface area contributed by atoms with Crippen LogP contribution in [0.15, 0.2) is 29.1 Å². The summed E-state index contributed by atoms with van der Waals surface area (Å²) in [7, 11) is 2.02. The molecule has 0 saturated heterocycles. The van der Waals surface area contributed by atoms with Gasteiger partial charge >= 0.3 is 5.97 Å². The highest BCUT2D eigenvalue weighted by atomic mass is 19.1. The summed E-state index contributed by atoms with van der Waals surface area (Å²) in [6.45, 7) is 7.21. The Kier molecular flexibility index (Phi) is 5.61. The number of cyclic esters (lactones) is 1. The van der Waals surface area contributed by atoms with Gasteiger partial charge in [-0.25, -0.2) is 14.2 Å². The molecule has 1 aromatic carbocycles. The van der Waals surface area contributed by atoms with Crippen molar-refractivity contribution in [2.75, 3.05) is 20.1 Å². The number of nitrogens with zero attached hydrogens (tertiary/aromatic N) is 3. The van der Waals surface area contributed by atoms with Crippen molar-refractivity contribution < 1.29 is 19.0 Å². The highest BCUT2D eigenvalue weighted by Gasteiger charge is 2.45. The van der Waals surface area contributed by atoms with Gasteiger partial charge in [0, 0.05) is 29.1 Å². The van der Waals surface area contributed by atoms with Crippen molar-refractivity contribution in [2.45, 2.75) is 45.9 Å². The van der Waals surface area contributed by atoms with Gasteiger partial charge in [0.1, 0.15) is 12.4 Å². The third kappa shape index (κ3) is 3.51. The molecular weight excluding hydrogens is 449 g/mol. The number of aryl methyl sites for hydroxylation is 1. The third-order valence-corrected chi connectivity index (χ3v) is 7.25. The van der Waals surface area contributed by atoms with Crippen LogP contribution in [0.5, 0.6) is 0 Å². The molecule has 182 valence electrons. The van der Waals surface area contributed by atoms with E-state index in [1.54, 1.807) is 30.5 Å². The number of hydrogen-bond donors (Lipinski definition) is 1. The van der Waals surface area contributed by atoms with Crippen LogP contribution in [0, 0.1) is 12.7 Å². The third-order valence-electron chi connectivity index (χ3n) is 7.25. The largest absolute Gasteiger partial charge is 0.458 e. The summed E-state index contributed by atoms with van der Waals surface area (Å²) >= 11 is 0. The number of fused-ring (bicyclic) bond motifs is 5. The molecule has 0 unspecified atom stereocenters. The lowest BCUT2D eigenvalue weighted by Gasteiger charge is -2.31. The first-order valence-corrected chi connectivity index (χ1v) is 11.8. The first-order valence-electron chi connectivity index (χ1n) is 11.8. The van der Waals surface area contributed by atoms with Gasteiger partial charge in [0.25, 0.3) is 5.56 Å². The molecule has 35 heavy (non-hydrogen) atoms. The minimum atomic E-state index is -1.89. The van der Waals surface area contributed by atoms with Crippen LogP contribution in [-0.2, 0) is 28.3 Å². The van der Waals surface area contributed by atoms with Crippen LogP contribution >= 0.6 is 0 Å². The van der Waals surface area contributed by atoms with Gasteiger partial charge in [0.05, 0.1) is 29.0 Å². The number of pyridine rings is 2. The molecule has 5 rings (SSSR count). The summed E-state index contributed by atoms with van der Waals surface area (Å²) in [5, 5.41) is 11.9. The zero-order chi connectivity index (χ0) is 25.1. The Labute approximate surface area is 202 Å². The second-order valence-electron chi connectivity index (χ2n) is 9.33. The van der Waals surface area contributed by atoms with Gasteiger partial charge in [-0.3, -0.25) is 4.79 Å². The molecule has 4 heterocycles. The summed E-state index contributed by atoms with van der Waals surface area (Å²) in [4.78, 5) is 32.8. The van der Waals surface area contributed by atoms with Crippen LogP contribution in [0.25, 0.3) is 28.4 Å². The summed E-state index contributed by atoms with van der Waals surface area (Å²) in [5.74, 6) is -1.11. The fourth-order valence-corrected chi connectivity index (χ4v) is 4.91. The average molecular weight is 478 g/mol. The first kappa shape index (κ1) is 23.4. The normalized spacial score (nSPS) is 18.8. The second kappa shape index (κ2) is 8.39. The van der Waals surface area contributed by atoms with E-state index < -0.39 is 11.6 Å². The van der Waals surface area contributed by atoms with Gasteiger partial charge < -0.3 is 19.3 Å². The van der Waals surface area contributed by atoms with E-state index in [1.807, 2.05) is 13.1 Å². The molecule has 0 aliphatic carbocycles. The molecule has 0 amide bonds. The number of rotatable bonds is 5. The molecule has 0 bridgehead atoms. The van der Waals surface area contributed by atoms with E-state index in [1.165, 1.54) is 6.07 Å². The lowest BCUT2D eigenvalue weighted by atomic mass is 9.86. The van der Waals surface area contributed by atoms with Crippen molar-refractivity contribution in [1.82, 2.24) is 14.5 Å². The van der Waals surface area contributed by atoms with Crippen molar-refractivity contribution >= 4 is 22.9 Å². The number of benzene rings is 1. The number of aromatic nitrogens is 2. The molecule has 7 nitrogen and oxygen atoms in total. The molecule has 0 saturated carbocycles. The van der Waals surface area contributed by atoms with Crippen LogP contribution in [0.4, 0.5) is 4.39 Å². The van der Waals surface area contributed by atoms with Crippen LogP contribution in [-0.4, -0.2) is 45.7 Å². The summed E-state index contributed by atoms with van der Waals surface area (Å²) in [6, 6.07) is 4.88. The maximum absolute atomic E-state index is 14.5. The number of esters is 1. The van der Waals surface area contributed by atoms with Crippen LogP contribution in [0.3, 0.4) is 0 Å². The summed E-state index contributed by atoms with van der Waals surface area (Å²) in [5.41, 5.74) is 2.14. The average Bonchev–Trinajstić information content (AvgIpc) is 3.21. The highest BCUT2D eigenvalue weighted by molar-refractivity contribution is 5.94. The molecule has 2 aliphatic heterocycles. The Hall–Kier alpha value is -3.36. The maximum atomic E-state index is 14.5. The Morgan fingerprint density at radius 3 is 2.74 bits per heavy atom. The van der Waals surface area contributed by atoms with Crippen molar-refractivity contribution in [3.8, 4) is 11.4 Å². The summed E-state index contributed by atoms with van der Waals surface area (Å²) < 4.78 is 21.3. The minimum absolute atomic E-state index is 0.0726. The summed E-state index contributed by atoms with van der Waals surface area (Å²) in [6.07, 6.45) is 4.14. The lowest BCUT2D eigenvalue weighted by molar-refractivity contribution is -0.172. The van der Waals surface area contributed by atoms with Gasteiger partial charge in [-0.05, 0) is 50.2 Å². The molecule has 0 fully saturated rings. The standard InChI is InChI=1S/C27H28FN3O4/c1-5-27(34)20-11-23-24-18(13-31(23)25(32)19(20)14-35-26(27)33)16(8-7-9-30(4)6-2)17-10-15(3)21(28)12-22(17)29-24/h7-8,10-12,34H,5-6,9,13-14H2,1-4H3/b8-7+/t27-/m0/s1. The van der Waals surface area contributed by atoms with Gasteiger partial charge in [-0.2, -0.15) is 0 Å². The minimum Gasteiger partial charge on any atom is -0.458 e. The first-order chi connectivity index (χ1) is 16.7. The monoisotopic (exact) mass is 477 g/mol. The van der Waals surface area contributed by atoms with E-state index in [0.717, 1.165) is 29.6 Å². The van der Waals surface area contributed by atoms with E-state index in [4.69, 9.17) is 9.72 Å². The van der Waals surface area contributed by atoms with Crippen molar-refractivity contribution in [3.63, 3.8) is 0 Å². The van der Waals surface area contributed by atoms with Gasteiger partial charge in [-0.1, -0.05) is 26.0 Å². The Morgan fingerprint density at radius 1 is 1.26 bits per heavy atom. The fourth-order valence-electron chi connectivity index (χ4n) is 4.91. The van der Waals surface area contributed by atoms with Crippen LogP contribution in [0.1, 0.15) is 48.1 Å². The van der Waals surface area contributed by atoms with Crippen molar-refractivity contribution in [3.05, 3.63) is 68.3 Å². The SMILES string of the molecule is CCN(C)C/C=C/c1c2c(nc3cc(F)c(C)cc13)-c1cc3c(c(=O)n1C2)COC(=O)[C@]3(O)CC. The zero-order valence-electron chi connectivity index (χ0n) is 20.3. The number of hydrogen-bond acceptors (Lipinski definition) is 6. The number of halogens is 1. The quantitative estimate of drug-likeness (QED) is 0.443. The second-order valence-corrected chi connectivity index (χ2v) is 9.33. The van der Waals surface area contributed by atoms with E-state index in [-0.39, 0.29) is 42.1 Å². The molecule has 1 N–H and O–H groups in total. The topological polar surface area (TPSA) is 84.7 Å². The molecule has 8 heteroatoms. The van der Waals surface area contributed by atoms with Crippen LogP contribution in [0.2, 0.25) is 0 Å². The van der Waals surface area contributed by atoms with Crippen LogP contribution < -0.4 is 5.56 Å². The van der Waals surface area contributed by atoms with Crippen molar-refractivity contribution in [1.29, 1.82) is 0 Å². The van der Waals surface area contributed by atoms with E-state index in [9.17, 15) is 19.1 Å². The lowest BCUT2D eigenvalue weighted by Crippen LogP contribution is -2.44. The van der Waals surface area contributed by atoms with Crippen molar-refractivity contribution in [2.24, 2.45) is 0 Å². The number of likely N-dealkylation sites (N-methyl/N-ethyl adjacent to an activating group) is 1. The molecule has 2 aliphatic rings. The molecule has 0 radical (unpaired) electrons. The maximum Gasteiger partial charge on any atom is 0.343 e. The number of aliphatic hydroxyl groups is 1. The number of ether oxygens (including phenoxy) is 1. The van der Waals surface area contributed by atoms with E-state index >= 15 is 0 Å². The Bertz CT molecular complexity index is 1480. The fraction of sp³-hybridized carbons (Fsp3) is 0.370. The van der Waals surface area contributed by atoms with Gasteiger partial charge in [-0.15, -0.1) is 0 Å². The molecule has 0 spiro atoms. The van der Waals surface area contributed by atoms with Gasteiger partial charge in [0.15, 0.2) is 5.60 Å². The smallest absolute Gasteiger partial charge is 0.343 e. The molecule has 1 atom stereocenters. The van der Waals surface area contributed by atoms with Gasteiger partial charge in [0.2, 0.25) is 0 Å². The molecular formula is C27H28FN3O4. The molecule has 2 aromatic heterocycles. The van der Waals surface area contributed by atoms with E-state index in [2.05, 4.69) is 17.9 Å². The highest BCUT2D eigenvalue weighted by Crippen LogP contribution is 2.40. The number of carbonyl (C=O) groups excluding carboxylic acids is 1. The predicted octanol–water partition coefficient (Wildman–Crippen LogP) is 3.49. The Morgan fingerprint density at radius 2 is 2.03 bits per heavy atom. The van der Waals surface area contributed by atoms with E-state index in [0.29, 0.717) is 22.5 Å². The Balaban J connectivity index is 1.77. The number of carbonyl (C=O) groups is 1. The molecule has 3 aromatic rings.